The molecule has 3 aliphatic carbocycles. The molecule has 188 valence electrons. The molecule has 2 N–H and O–H groups in total. The molecule has 0 bridgehead atoms. The van der Waals surface area contributed by atoms with E-state index >= 15 is 0 Å². The van der Waals surface area contributed by atoms with Crippen LogP contribution >= 0.6 is 0 Å². The fourth-order valence-corrected chi connectivity index (χ4v) is 7.05. The summed E-state index contributed by atoms with van der Waals surface area (Å²) in [5.41, 5.74) is 3.72. The zero-order chi connectivity index (χ0) is 24.6. The zero-order valence-electron chi connectivity index (χ0n) is 22.2. The molecule has 1 saturated carbocycles. The number of allylic oxidation sites excluding steroid dienone is 3. The van der Waals surface area contributed by atoms with E-state index in [9.17, 15) is 5.11 Å². The fraction of sp³-hybridized carbons (Fsp3) is 0.594. The Bertz CT molecular complexity index is 1110. The van der Waals surface area contributed by atoms with Gasteiger partial charge in [-0.15, -0.1) is 0 Å². The normalized spacial score (nSPS) is 32.3. The fourth-order valence-electron chi connectivity index (χ4n) is 7.05. The summed E-state index contributed by atoms with van der Waals surface area (Å²) in [7, 11) is 0. The first-order valence-electron chi connectivity index (χ1n) is 13.9. The summed E-state index contributed by atoms with van der Waals surface area (Å²) in [6, 6.07) is 9.47. The van der Waals surface area contributed by atoms with E-state index in [1.165, 1.54) is 46.7 Å². The Morgan fingerprint density at radius 2 is 1.89 bits per heavy atom. The van der Waals surface area contributed by atoms with Gasteiger partial charge >= 0.3 is 0 Å². The molecular weight excluding hydrogens is 428 g/mol. The lowest BCUT2D eigenvalue weighted by Crippen LogP contribution is -2.50. The minimum absolute atomic E-state index is 0.0875. The molecule has 2 aromatic rings. The minimum atomic E-state index is -0.638. The predicted molar refractivity (Wildman–Crippen MR) is 146 cm³/mol. The van der Waals surface area contributed by atoms with Crippen molar-refractivity contribution in [3.05, 3.63) is 65.5 Å². The van der Waals surface area contributed by atoms with Crippen molar-refractivity contribution in [2.45, 2.75) is 109 Å². The lowest BCUT2D eigenvalue weighted by molar-refractivity contribution is 0.0238. The van der Waals surface area contributed by atoms with Crippen LogP contribution in [0.4, 0.5) is 0 Å². The molecule has 3 aliphatic rings. The minimum Gasteiger partial charge on any atom is -0.385 e. The third-order valence-electron chi connectivity index (χ3n) is 8.91. The smallest absolute Gasteiger partial charge is 0.0875 e. The number of benzene rings is 1. The van der Waals surface area contributed by atoms with Crippen molar-refractivity contribution in [2.24, 2.45) is 11.8 Å². The van der Waals surface area contributed by atoms with Crippen molar-refractivity contribution in [3.8, 4) is 0 Å². The first kappa shape index (κ1) is 24.7. The third-order valence-corrected chi connectivity index (χ3v) is 8.91. The van der Waals surface area contributed by atoms with Crippen LogP contribution in [0, 0.1) is 11.8 Å². The molecule has 1 fully saturated rings. The van der Waals surface area contributed by atoms with Crippen LogP contribution in [0.15, 0.2) is 60.0 Å². The van der Waals surface area contributed by atoms with Gasteiger partial charge < -0.3 is 10.4 Å². The highest BCUT2D eigenvalue weighted by atomic mass is 16.3. The van der Waals surface area contributed by atoms with Crippen LogP contribution in [0.1, 0.15) is 97.0 Å². The topological polar surface area (TPSA) is 45.2 Å². The van der Waals surface area contributed by atoms with Crippen molar-refractivity contribution in [1.82, 2.24) is 10.3 Å². The van der Waals surface area contributed by atoms with Gasteiger partial charge in [0.15, 0.2) is 0 Å². The molecule has 5 unspecified atom stereocenters. The number of aliphatic hydroxyl groups is 1. The van der Waals surface area contributed by atoms with Crippen LogP contribution in [0.3, 0.4) is 0 Å². The molecule has 35 heavy (non-hydrogen) atoms. The van der Waals surface area contributed by atoms with Crippen LogP contribution in [-0.4, -0.2) is 27.3 Å². The highest BCUT2D eigenvalue weighted by Crippen LogP contribution is 2.46. The maximum atomic E-state index is 11.8. The first-order chi connectivity index (χ1) is 16.7. The molecule has 0 spiro atoms. The zero-order valence-corrected chi connectivity index (χ0v) is 22.2. The number of hydrogen-bond donors (Lipinski definition) is 2. The Morgan fingerprint density at radius 3 is 2.71 bits per heavy atom. The van der Waals surface area contributed by atoms with Gasteiger partial charge in [0.1, 0.15) is 0 Å². The van der Waals surface area contributed by atoms with Crippen molar-refractivity contribution < 1.29 is 5.11 Å². The highest BCUT2D eigenvalue weighted by molar-refractivity contribution is 5.82. The van der Waals surface area contributed by atoms with Crippen LogP contribution < -0.4 is 5.32 Å². The summed E-state index contributed by atoms with van der Waals surface area (Å²) in [6.45, 7) is 9.14. The Morgan fingerprint density at radius 1 is 1.03 bits per heavy atom. The van der Waals surface area contributed by atoms with Crippen LogP contribution in [0.5, 0.6) is 0 Å². The van der Waals surface area contributed by atoms with Gasteiger partial charge in [-0.25, -0.2) is 0 Å². The second-order valence-corrected chi connectivity index (χ2v) is 12.7. The van der Waals surface area contributed by atoms with E-state index in [0.29, 0.717) is 23.8 Å². The summed E-state index contributed by atoms with van der Waals surface area (Å²) in [5.74, 6) is 1.79. The number of nitrogens with zero attached hydrogens (tertiary/aromatic N) is 1. The largest absolute Gasteiger partial charge is 0.385 e. The number of nitrogens with one attached hydrogen (secondary N) is 1. The number of pyridine rings is 1. The maximum absolute atomic E-state index is 11.8. The number of aromatic nitrogens is 1. The second-order valence-electron chi connectivity index (χ2n) is 12.7. The van der Waals surface area contributed by atoms with Crippen LogP contribution in [0.2, 0.25) is 0 Å². The van der Waals surface area contributed by atoms with Gasteiger partial charge in [0, 0.05) is 29.4 Å². The lowest BCUT2D eigenvalue weighted by atomic mass is 9.74. The summed E-state index contributed by atoms with van der Waals surface area (Å²) >= 11 is 0. The van der Waals surface area contributed by atoms with E-state index in [1.807, 2.05) is 12.4 Å². The van der Waals surface area contributed by atoms with E-state index < -0.39 is 5.60 Å². The van der Waals surface area contributed by atoms with Gasteiger partial charge in [-0.1, -0.05) is 31.2 Å². The average molecular weight is 473 g/mol. The molecule has 1 aromatic heterocycles. The molecular formula is C32H44N2O. The summed E-state index contributed by atoms with van der Waals surface area (Å²) in [6.07, 6.45) is 18.6. The monoisotopic (exact) mass is 472 g/mol. The molecule has 0 radical (unpaired) electrons. The van der Waals surface area contributed by atoms with Crippen LogP contribution in [-0.2, 0) is 0 Å². The summed E-state index contributed by atoms with van der Waals surface area (Å²) in [4.78, 5) is 4.34. The van der Waals surface area contributed by atoms with Gasteiger partial charge in [0.2, 0.25) is 0 Å². The van der Waals surface area contributed by atoms with Gasteiger partial charge in [-0.3, -0.25) is 4.98 Å². The quantitative estimate of drug-likeness (QED) is 0.477. The van der Waals surface area contributed by atoms with Gasteiger partial charge in [0.25, 0.3) is 0 Å². The Balaban J connectivity index is 1.36. The Hall–Kier alpha value is -1.97. The molecule has 1 heterocycles. The van der Waals surface area contributed by atoms with Crippen molar-refractivity contribution >= 4 is 10.8 Å². The first-order valence-corrected chi connectivity index (χ1v) is 13.9. The molecule has 0 aliphatic heterocycles. The van der Waals surface area contributed by atoms with Gasteiger partial charge in [-0.05, 0) is 131 Å². The molecule has 5 atom stereocenters. The number of rotatable bonds is 2. The van der Waals surface area contributed by atoms with Gasteiger partial charge in [-0.2, -0.15) is 0 Å². The summed E-state index contributed by atoms with van der Waals surface area (Å²) < 4.78 is 0. The standard InChI is InChI=1S/C32H44N2O/c1-22-8-9-23(25-11-10-24-15-17-33-21-27(24)18-25)6-5-7-26-19-28-12-13-29(34-31(2,3)4)20-32(28,35)16-14-30(22)26/h7,10-11,15,17-19,21-23,29-30,34-35H,5-6,8-9,12-14,16,20H2,1-4H3. The average Bonchev–Trinajstić information content (AvgIpc) is 2.90. The van der Waals surface area contributed by atoms with Crippen molar-refractivity contribution in [3.63, 3.8) is 0 Å². The van der Waals surface area contributed by atoms with E-state index in [1.54, 1.807) is 0 Å². The molecule has 3 nitrogen and oxygen atoms in total. The Kier molecular flexibility index (Phi) is 6.94. The van der Waals surface area contributed by atoms with E-state index in [0.717, 1.165) is 38.5 Å². The highest BCUT2D eigenvalue weighted by Gasteiger charge is 2.42. The third kappa shape index (κ3) is 5.57. The van der Waals surface area contributed by atoms with E-state index in [4.69, 9.17) is 0 Å². The second kappa shape index (κ2) is 9.82. The number of fused-ring (bicyclic) bond motifs is 3. The van der Waals surface area contributed by atoms with Crippen molar-refractivity contribution in [1.29, 1.82) is 0 Å². The summed E-state index contributed by atoms with van der Waals surface area (Å²) in [5, 5.41) is 18.1. The molecule has 0 amide bonds. The van der Waals surface area contributed by atoms with E-state index in [-0.39, 0.29) is 5.54 Å². The molecule has 1 aromatic carbocycles. The molecule has 3 heteroatoms. The maximum Gasteiger partial charge on any atom is 0.0875 e. The van der Waals surface area contributed by atoms with E-state index in [2.05, 4.69) is 74.4 Å². The predicted octanol–water partition coefficient (Wildman–Crippen LogP) is 7.46. The number of hydrogen-bond acceptors (Lipinski definition) is 3. The van der Waals surface area contributed by atoms with Crippen molar-refractivity contribution in [2.75, 3.05) is 0 Å². The van der Waals surface area contributed by atoms with Crippen LogP contribution in [0.25, 0.3) is 10.8 Å². The van der Waals surface area contributed by atoms with Gasteiger partial charge in [0.05, 0.1) is 5.60 Å². The lowest BCUT2D eigenvalue weighted by Gasteiger charge is -2.41. The Labute approximate surface area is 212 Å². The molecule has 5 rings (SSSR count). The molecule has 0 saturated heterocycles. The SMILES string of the molecule is CC1CCC(c2ccc3ccncc3c2)CCC=C2C=C3CCC(NC(C)(C)C)CC3(O)CCC21.